The van der Waals surface area contributed by atoms with E-state index in [0.29, 0.717) is 24.2 Å². The molecule has 4 heteroatoms. The number of ether oxygens (including phenoxy) is 1. The van der Waals surface area contributed by atoms with Gasteiger partial charge in [-0.05, 0) is 45.1 Å². The van der Waals surface area contributed by atoms with Gasteiger partial charge in [-0.15, -0.1) is 0 Å². The second-order valence-corrected chi connectivity index (χ2v) is 6.63. The van der Waals surface area contributed by atoms with E-state index in [1.807, 2.05) is 0 Å². The number of hydrogen-bond donors (Lipinski definition) is 2. The Morgan fingerprint density at radius 3 is 2.82 bits per heavy atom. The maximum Gasteiger partial charge on any atom is 0.303 e. The summed E-state index contributed by atoms with van der Waals surface area (Å²) >= 11 is 0. The molecule has 2 heterocycles. The average Bonchev–Trinajstić information content (AvgIpc) is 3.08. The SMILES string of the molecule is CCCCCN[C@H]1[C@@H](C/C=C\CCCC(=O)O)[C@H]2CC[C@@H]1O2. The number of unbranched alkanes of at least 4 members (excludes halogenated alkanes) is 3. The molecule has 2 N–H and O–H groups in total. The third kappa shape index (κ3) is 5.10. The molecule has 0 radical (unpaired) electrons. The van der Waals surface area contributed by atoms with Crippen LogP contribution in [0.4, 0.5) is 0 Å². The van der Waals surface area contributed by atoms with Gasteiger partial charge in [-0.1, -0.05) is 31.9 Å². The van der Waals surface area contributed by atoms with Gasteiger partial charge in [-0.3, -0.25) is 4.79 Å². The van der Waals surface area contributed by atoms with Gasteiger partial charge in [0.1, 0.15) is 0 Å². The second kappa shape index (κ2) is 9.31. The molecule has 0 aromatic heterocycles. The summed E-state index contributed by atoms with van der Waals surface area (Å²) in [5, 5.41) is 12.3. The van der Waals surface area contributed by atoms with Crippen molar-refractivity contribution in [2.45, 2.75) is 83.0 Å². The molecule has 22 heavy (non-hydrogen) atoms. The van der Waals surface area contributed by atoms with Gasteiger partial charge in [0.25, 0.3) is 0 Å². The normalized spacial score (nSPS) is 30.4. The minimum Gasteiger partial charge on any atom is -0.481 e. The lowest BCUT2D eigenvalue weighted by atomic mass is 9.82. The average molecular weight is 309 g/mol. The minimum atomic E-state index is -0.703. The van der Waals surface area contributed by atoms with Gasteiger partial charge < -0.3 is 15.2 Å². The summed E-state index contributed by atoms with van der Waals surface area (Å²) < 4.78 is 6.09. The Bertz CT molecular complexity index is 369. The summed E-state index contributed by atoms with van der Waals surface area (Å²) in [6, 6.07) is 0.513. The highest BCUT2D eigenvalue weighted by atomic mass is 16.5. The van der Waals surface area contributed by atoms with E-state index in [-0.39, 0.29) is 6.42 Å². The van der Waals surface area contributed by atoms with E-state index in [1.165, 1.54) is 32.1 Å². The first kappa shape index (κ1) is 17.5. The van der Waals surface area contributed by atoms with Gasteiger partial charge in [0, 0.05) is 18.4 Å². The Labute approximate surface area is 134 Å². The highest BCUT2D eigenvalue weighted by Gasteiger charge is 2.47. The molecule has 2 aliphatic heterocycles. The summed E-state index contributed by atoms with van der Waals surface area (Å²) in [5.41, 5.74) is 0. The maximum atomic E-state index is 10.5. The van der Waals surface area contributed by atoms with Crippen LogP contribution >= 0.6 is 0 Å². The van der Waals surface area contributed by atoms with E-state index in [1.54, 1.807) is 0 Å². The molecule has 4 nitrogen and oxygen atoms in total. The van der Waals surface area contributed by atoms with Crippen LogP contribution in [0.25, 0.3) is 0 Å². The quantitative estimate of drug-likeness (QED) is 0.453. The fourth-order valence-electron chi connectivity index (χ4n) is 3.74. The molecule has 0 aromatic rings. The van der Waals surface area contributed by atoms with Crippen LogP contribution in [-0.4, -0.2) is 35.9 Å². The van der Waals surface area contributed by atoms with Gasteiger partial charge in [0.15, 0.2) is 0 Å². The van der Waals surface area contributed by atoms with E-state index in [0.717, 1.165) is 25.8 Å². The van der Waals surface area contributed by atoms with Crippen molar-refractivity contribution in [1.29, 1.82) is 0 Å². The van der Waals surface area contributed by atoms with E-state index < -0.39 is 5.97 Å². The molecule has 2 bridgehead atoms. The topological polar surface area (TPSA) is 58.6 Å². The molecule has 4 atom stereocenters. The standard InChI is InChI=1S/C18H31NO3/c1-2-3-8-13-19-18-14(15-11-12-16(18)22-15)9-6-4-5-7-10-17(20)21/h4,6,14-16,18-19H,2-3,5,7-13H2,1H3,(H,20,21)/b6-4-/t14-,15+,16-,18-/m0/s1. The first-order valence-electron chi connectivity index (χ1n) is 8.98. The summed E-state index contributed by atoms with van der Waals surface area (Å²) in [4.78, 5) is 10.5. The Balaban J connectivity index is 1.70. The molecular weight excluding hydrogens is 278 g/mol. The van der Waals surface area contributed by atoms with Crippen molar-refractivity contribution in [3.8, 4) is 0 Å². The van der Waals surface area contributed by atoms with E-state index in [9.17, 15) is 4.79 Å². The predicted molar refractivity (Wildman–Crippen MR) is 87.9 cm³/mol. The van der Waals surface area contributed by atoms with Crippen molar-refractivity contribution in [3.63, 3.8) is 0 Å². The number of carbonyl (C=O) groups is 1. The summed E-state index contributed by atoms with van der Waals surface area (Å²) in [6.07, 6.45) is 14.4. The summed E-state index contributed by atoms with van der Waals surface area (Å²) in [5.74, 6) is -0.109. The first-order chi connectivity index (χ1) is 10.7. The fourth-order valence-corrected chi connectivity index (χ4v) is 3.74. The zero-order valence-corrected chi connectivity index (χ0v) is 13.8. The molecule has 2 saturated heterocycles. The molecular formula is C18H31NO3. The Morgan fingerprint density at radius 1 is 1.23 bits per heavy atom. The van der Waals surface area contributed by atoms with E-state index >= 15 is 0 Å². The van der Waals surface area contributed by atoms with Gasteiger partial charge in [-0.2, -0.15) is 0 Å². The lowest BCUT2D eigenvalue weighted by molar-refractivity contribution is -0.137. The van der Waals surface area contributed by atoms with E-state index in [4.69, 9.17) is 9.84 Å². The van der Waals surface area contributed by atoms with Gasteiger partial charge in [0.2, 0.25) is 0 Å². The molecule has 0 amide bonds. The minimum absolute atomic E-state index is 0.267. The fraction of sp³-hybridized carbons (Fsp3) is 0.833. The number of nitrogens with one attached hydrogen (secondary N) is 1. The summed E-state index contributed by atoms with van der Waals surface area (Å²) in [7, 11) is 0. The van der Waals surface area contributed by atoms with Crippen LogP contribution in [-0.2, 0) is 9.53 Å². The monoisotopic (exact) mass is 309 g/mol. The molecule has 0 unspecified atom stereocenters. The van der Waals surface area contributed by atoms with Crippen LogP contribution in [0, 0.1) is 5.92 Å². The van der Waals surface area contributed by atoms with Crippen molar-refractivity contribution < 1.29 is 14.6 Å². The molecule has 0 saturated carbocycles. The largest absolute Gasteiger partial charge is 0.481 e. The number of carboxylic acids is 1. The number of rotatable bonds is 11. The van der Waals surface area contributed by atoms with Crippen molar-refractivity contribution in [2.24, 2.45) is 5.92 Å². The molecule has 0 spiro atoms. The van der Waals surface area contributed by atoms with Crippen LogP contribution in [0.3, 0.4) is 0 Å². The number of aliphatic carboxylic acids is 1. The lowest BCUT2D eigenvalue weighted by Crippen LogP contribution is -2.44. The van der Waals surface area contributed by atoms with Crippen molar-refractivity contribution in [3.05, 3.63) is 12.2 Å². The lowest BCUT2D eigenvalue weighted by Gasteiger charge is -2.28. The smallest absolute Gasteiger partial charge is 0.303 e. The third-order valence-electron chi connectivity index (χ3n) is 4.92. The van der Waals surface area contributed by atoms with Gasteiger partial charge in [0.05, 0.1) is 12.2 Å². The van der Waals surface area contributed by atoms with Crippen LogP contribution in [0.15, 0.2) is 12.2 Å². The number of carboxylic acid groups (broad SMARTS) is 1. The molecule has 2 aliphatic rings. The first-order valence-corrected chi connectivity index (χ1v) is 8.98. The van der Waals surface area contributed by atoms with Gasteiger partial charge >= 0.3 is 5.97 Å². The molecule has 126 valence electrons. The molecule has 0 aliphatic carbocycles. The molecule has 2 rings (SSSR count). The predicted octanol–water partition coefficient (Wildman–Crippen LogP) is 3.51. The Kier molecular flexibility index (Phi) is 7.40. The zero-order chi connectivity index (χ0) is 15.8. The van der Waals surface area contributed by atoms with Crippen LogP contribution in [0.1, 0.15) is 64.7 Å². The number of hydrogen-bond acceptors (Lipinski definition) is 3. The third-order valence-corrected chi connectivity index (χ3v) is 4.92. The highest BCUT2D eigenvalue weighted by molar-refractivity contribution is 5.66. The number of allylic oxidation sites excluding steroid dienone is 2. The molecule has 2 fully saturated rings. The van der Waals surface area contributed by atoms with Crippen molar-refractivity contribution in [1.82, 2.24) is 5.32 Å². The van der Waals surface area contributed by atoms with E-state index in [2.05, 4.69) is 24.4 Å². The maximum absolute atomic E-state index is 10.5. The number of fused-ring (bicyclic) bond motifs is 2. The van der Waals surface area contributed by atoms with Crippen molar-refractivity contribution >= 4 is 5.97 Å². The highest BCUT2D eigenvalue weighted by Crippen LogP contribution is 2.41. The molecule has 0 aromatic carbocycles. The Morgan fingerprint density at radius 2 is 2.05 bits per heavy atom. The van der Waals surface area contributed by atoms with Crippen LogP contribution in [0.5, 0.6) is 0 Å². The summed E-state index contributed by atoms with van der Waals surface area (Å²) in [6.45, 7) is 3.34. The second-order valence-electron chi connectivity index (χ2n) is 6.63. The van der Waals surface area contributed by atoms with Gasteiger partial charge in [-0.25, -0.2) is 0 Å². The van der Waals surface area contributed by atoms with Crippen LogP contribution < -0.4 is 5.32 Å². The van der Waals surface area contributed by atoms with Crippen molar-refractivity contribution in [2.75, 3.05) is 6.54 Å². The Hall–Kier alpha value is -0.870. The van der Waals surface area contributed by atoms with Crippen LogP contribution in [0.2, 0.25) is 0 Å². The zero-order valence-electron chi connectivity index (χ0n) is 13.8.